The number of hydrogen-bond acceptors (Lipinski definition) is 6. The van der Waals surface area contributed by atoms with Crippen LogP contribution in [0.15, 0.2) is 54.7 Å². The van der Waals surface area contributed by atoms with Crippen molar-refractivity contribution in [1.29, 1.82) is 5.26 Å². The first-order valence-corrected chi connectivity index (χ1v) is 8.54. The maximum Gasteiger partial charge on any atom is 0.357 e. The highest BCUT2D eigenvalue weighted by Gasteiger charge is 2.24. The number of nitrogens with zero attached hydrogens (tertiary/aromatic N) is 2. The van der Waals surface area contributed by atoms with E-state index in [1.165, 1.54) is 25.0 Å². The quantitative estimate of drug-likeness (QED) is 0.647. The maximum absolute atomic E-state index is 12.7. The third-order valence-electron chi connectivity index (χ3n) is 4.28. The highest BCUT2D eigenvalue weighted by molar-refractivity contribution is 6.05. The summed E-state index contributed by atoms with van der Waals surface area (Å²) in [5.74, 6) is -0.684. The van der Waals surface area contributed by atoms with Gasteiger partial charge in [0, 0.05) is 17.4 Å². The van der Waals surface area contributed by atoms with Crippen LogP contribution in [0.5, 0.6) is 5.75 Å². The third kappa shape index (κ3) is 3.75. The zero-order valence-corrected chi connectivity index (χ0v) is 15.8. The van der Waals surface area contributed by atoms with Gasteiger partial charge in [-0.05, 0) is 30.3 Å². The number of nitriles is 1. The molecule has 0 aliphatic rings. The van der Waals surface area contributed by atoms with Gasteiger partial charge >= 0.3 is 5.97 Å². The van der Waals surface area contributed by atoms with Crippen LogP contribution in [0.2, 0.25) is 0 Å². The molecule has 0 atom stereocenters. The minimum Gasteiger partial charge on any atom is -0.495 e. The van der Waals surface area contributed by atoms with Gasteiger partial charge in [0.1, 0.15) is 11.8 Å². The minimum atomic E-state index is -0.717. The minimum absolute atomic E-state index is 0.0134. The highest BCUT2D eigenvalue weighted by atomic mass is 16.5. The first kappa shape index (κ1) is 19.5. The van der Waals surface area contributed by atoms with Crippen LogP contribution in [0.4, 0.5) is 11.4 Å². The maximum atomic E-state index is 12.7. The lowest BCUT2D eigenvalue weighted by atomic mass is 10.1. The van der Waals surface area contributed by atoms with Crippen molar-refractivity contribution in [1.82, 2.24) is 4.57 Å². The molecule has 3 rings (SSSR count). The molecular formula is C21H18N4O4. The number of nitrogens with one attached hydrogen (secondary N) is 1. The molecule has 1 amide bonds. The molecule has 0 saturated heterocycles. The van der Waals surface area contributed by atoms with Gasteiger partial charge in [0.25, 0.3) is 5.91 Å². The summed E-state index contributed by atoms with van der Waals surface area (Å²) in [4.78, 5) is 24.9. The lowest BCUT2D eigenvalue weighted by molar-refractivity contribution is 0.0593. The second-order valence-electron chi connectivity index (χ2n) is 5.99. The van der Waals surface area contributed by atoms with E-state index in [4.69, 9.17) is 15.2 Å². The Hall–Kier alpha value is -4.25. The summed E-state index contributed by atoms with van der Waals surface area (Å²) >= 11 is 0. The van der Waals surface area contributed by atoms with Crippen LogP contribution >= 0.6 is 0 Å². The van der Waals surface area contributed by atoms with E-state index < -0.39 is 5.97 Å². The Labute approximate surface area is 167 Å². The fourth-order valence-electron chi connectivity index (χ4n) is 2.85. The molecule has 146 valence electrons. The van der Waals surface area contributed by atoms with Crippen LogP contribution in [-0.2, 0) is 4.74 Å². The zero-order chi connectivity index (χ0) is 21.0. The summed E-state index contributed by atoms with van der Waals surface area (Å²) < 4.78 is 11.6. The number of benzene rings is 2. The van der Waals surface area contributed by atoms with Gasteiger partial charge in [-0.25, -0.2) is 4.79 Å². The van der Waals surface area contributed by atoms with E-state index in [-0.39, 0.29) is 22.9 Å². The van der Waals surface area contributed by atoms with E-state index in [1.54, 1.807) is 30.3 Å². The van der Waals surface area contributed by atoms with Gasteiger partial charge in [-0.3, -0.25) is 4.79 Å². The molecule has 3 aromatic rings. The SMILES string of the molecule is COC(=O)c1c(N)c(C#N)cn1-c1cc(C(=O)Nc2ccccc2)ccc1OC. The molecule has 29 heavy (non-hydrogen) atoms. The van der Waals surface area contributed by atoms with Gasteiger partial charge in [-0.2, -0.15) is 5.26 Å². The number of rotatable bonds is 5. The molecule has 0 saturated carbocycles. The molecule has 1 heterocycles. The van der Waals surface area contributed by atoms with Crippen molar-refractivity contribution in [3.8, 4) is 17.5 Å². The Morgan fingerprint density at radius 2 is 1.86 bits per heavy atom. The molecule has 1 aromatic heterocycles. The second kappa shape index (κ2) is 8.19. The molecule has 0 aliphatic carbocycles. The summed E-state index contributed by atoms with van der Waals surface area (Å²) in [6.45, 7) is 0. The van der Waals surface area contributed by atoms with Gasteiger partial charge < -0.3 is 25.1 Å². The third-order valence-corrected chi connectivity index (χ3v) is 4.28. The fraction of sp³-hybridized carbons (Fsp3) is 0.0952. The van der Waals surface area contributed by atoms with Gasteiger partial charge in [0.2, 0.25) is 0 Å². The first-order chi connectivity index (χ1) is 14.0. The Bertz CT molecular complexity index is 1110. The summed E-state index contributed by atoms with van der Waals surface area (Å²) in [5.41, 5.74) is 7.35. The van der Waals surface area contributed by atoms with Crippen LogP contribution in [0, 0.1) is 11.3 Å². The molecule has 8 nitrogen and oxygen atoms in total. The molecule has 0 aliphatic heterocycles. The van der Waals surface area contributed by atoms with Crippen molar-refractivity contribution >= 4 is 23.3 Å². The monoisotopic (exact) mass is 390 g/mol. The van der Waals surface area contributed by atoms with Crippen LogP contribution in [0.3, 0.4) is 0 Å². The molecule has 0 spiro atoms. The molecule has 0 unspecified atom stereocenters. The molecule has 0 radical (unpaired) electrons. The fourth-order valence-corrected chi connectivity index (χ4v) is 2.85. The Morgan fingerprint density at radius 3 is 2.48 bits per heavy atom. The Balaban J connectivity index is 2.11. The van der Waals surface area contributed by atoms with Gasteiger partial charge in [0.15, 0.2) is 5.69 Å². The van der Waals surface area contributed by atoms with E-state index in [2.05, 4.69) is 5.32 Å². The summed E-state index contributed by atoms with van der Waals surface area (Å²) in [6, 6.07) is 15.7. The largest absolute Gasteiger partial charge is 0.495 e. The number of hydrogen-bond donors (Lipinski definition) is 2. The predicted molar refractivity (Wildman–Crippen MR) is 107 cm³/mol. The van der Waals surface area contributed by atoms with Crippen LogP contribution < -0.4 is 15.8 Å². The molecule has 8 heteroatoms. The number of amides is 1. The van der Waals surface area contributed by atoms with E-state index in [0.29, 0.717) is 22.7 Å². The number of nitrogens with two attached hydrogens (primary N) is 1. The summed E-state index contributed by atoms with van der Waals surface area (Å²) in [6.07, 6.45) is 1.40. The lowest BCUT2D eigenvalue weighted by Crippen LogP contribution is -2.14. The number of ether oxygens (including phenoxy) is 2. The van der Waals surface area contributed by atoms with Crippen molar-refractivity contribution in [3.63, 3.8) is 0 Å². The normalized spacial score (nSPS) is 10.1. The van der Waals surface area contributed by atoms with Gasteiger partial charge in [-0.15, -0.1) is 0 Å². The van der Waals surface area contributed by atoms with E-state index in [9.17, 15) is 14.9 Å². The van der Waals surface area contributed by atoms with Crippen molar-refractivity contribution < 1.29 is 19.1 Å². The standard InChI is InChI=1S/C21H18N4O4/c1-28-17-9-8-13(20(26)24-15-6-4-3-5-7-15)10-16(17)25-12-14(11-22)18(23)19(25)21(27)29-2/h3-10,12H,23H2,1-2H3,(H,24,26). The smallest absolute Gasteiger partial charge is 0.357 e. The second-order valence-corrected chi connectivity index (χ2v) is 5.99. The topological polar surface area (TPSA) is 119 Å². The van der Waals surface area contributed by atoms with Crippen LogP contribution in [0.1, 0.15) is 26.4 Å². The van der Waals surface area contributed by atoms with Gasteiger partial charge in [-0.1, -0.05) is 18.2 Å². The average Bonchev–Trinajstić information content (AvgIpc) is 3.09. The molecule has 2 aromatic carbocycles. The summed E-state index contributed by atoms with van der Waals surface area (Å²) in [5, 5.41) is 12.1. The highest BCUT2D eigenvalue weighted by Crippen LogP contribution is 2.31. The van der Waals surface area contributed by atoms with E-state index in [1.807, 2.05) is 24.3 Å². The number of methoxy groups -OCH3 is 2. The molecular weight excluding hydrogens is 372 g/mol. The van der Waals surface area contributed by atoms with Crippen molar-refractivity contribution in [2.45, 2.75) is 0 Å². The predicted octanol–water partition coefficient (Wildman–Crippen LogP) is 2.98. The van der Waals surface area contributed by atoms with Crippen molar-refractivity contribution in [2.75, 3.05) is 25.3 Å². The van der Waals surface area contributed by atoms with Gasteiger partial charge in [0.05, 0.1) is 31.2 Å². The van der Waals surface area contributed by atoms with Crippen molar-refractivity contribution in [3.05, 3.63) is 71.5 Å². The number of anilines is 2. The van der Waals surface area contributed by atoms with Crippen molar-refractivity contribution in [2.24, 2.45) is 0 Å². The molecule has 0 fully saturated rings. The first-order valence-electron chi connectivity index (χ1n) is 8.54. The Morgan fingerprint density at radius 1 is 1.14 bits per heavy atom. The number of para-hydroxylation sites is 1. The molecule has 3 N–H and O–H groups in total. The number of esters is 1. The number of nitrogen functional groups attached to an aromatic ring is 1. The van der Waals surface area contributed by atoms with Crippen LogP contribution in [-0.4, -0.2) is 30.7 Å². The zero-order valence-electron chi connectivity index (χ0n) is 15.8. The lowest BCUT2D eigenvalue weighted by Gasteiger charge is -2.14. The van der Waals surface area contributed by atoms with E-state index in [0.717, 1.165) is 0 Å². The average molecular weight is 390 g/mol. The van der Waals surface area contributed by atoms with Crippen LogP contribution in [0.25, 0.3) is 5.69 Å². The Kier molecular flexibility index (Phi) is 5.51. The summed E-state index contributed by atoms with van der Waals surface area (Å²) in [7, 11) is 2.67. The number of carbonyl (C=O) groups is 2. The number of aromatic nitrogens is 1. The molecule has 0 bridgehead atoms. The number of carbonyl (C=O) groups excluding carboxylic acids is 2. The van der Waals surface area contributed by atoms with E-state index >= 15 is 0 Å².